The van der Waals surface area contributed by atoms with Gasteiger partial charge < -0.3 is 9.84 Å². The third-order valence-corrected chi connectivity index (χ3v) is 5.36. The molecule has 0 aromatic heterocycles. The lowest BCUT2D eigenvalue weighted by Gasteiger charge is -2.30. The molecule has 1 saturated heterocycles. The van der Waals surface area contributed by atoms with Crippen LogP contribution in [0.15, 0.2) is 29.2 Å². The highest BCUT2D eigenvalue weighted by molar-refractivity contribution is 7.89. The van der Waals surface area contributed by atoms with Gasteiger partial charge in [0.05, 0.1) is 4.90 Å². The number of nitrogens with zero attached hydrogens (tertiary/aromatic N) is 1. The molecule has 6 heteroatoms. The molecule has 0 amide bonds. The molecule has 1 N–H and O–H groups in total. The molecule has 0 aliphatic carbocycles. The second-order valence-electron chi connectivity index (χ2n) is 4.80. The number of sulfonamides is 1. The van der Waals surface area contributed by atoms with E-state index in [0.717, 1.165) is 12.8 Å². The third-order valence-electron chi connectivity index (χ3n) is 3.45. The Kier molecular flexibility index (Phi) is 4.44. The van der Waals surface area contributed by atoms with Crippen LogP contribution in [0.5, 0.6) is 5.75 Å². The van der Waals surface area contributed by atoms with Crippen molar-refractivity contribution in [3.8, 4) is 5.75 Å². The largest absolute Gasteiger partial charge is 0.508 e. The zero-order chi connectivity index (χ0) is 13.9. The first-order valence-electron chi connectivity index (χ1n) is 6.32. The van der Waals surface area contributed by atoms with Crippen LogP contribution in [-0.4, -0.2) is 44.6 Å². The number of rotatable bonds is 4. The molecule has 1 aromatic rings. The molecule has 0 unspecified atom stereocenters. The summed E-state index contributed by atoms with van der Waals surface area (Å²) in [5.41, 5.74) is 0. The second-order valence-corrected chi connectivity index (χ2v) is 6.73. The van der Waals surface area contributed by atoms with E-state index >= 15 is 0 Å². The number of hydrogen-bond acceptors (Lipinski definition) is 4. The average molecular weight is 285 g/mol. The topological polar surface area (TPSA) is 66.8 Å². The first kappa shape index (κ1) is 14.3. The van der Waals surface area contributed by atoms with Crippen molar-refractivity contribution in [3.63, 3.8) is 0 Å². The second kappa shape index (κ2) is 5.90. The van der Waals surface area contributed by atoms with Gasteiger partial charge in [0.25, 0.3) is 0 Å². The lowest BCUT2D eigenvalue weighted by atomic mass is 9.99. The summed E-state index contributed by atoms with van der Waals surface area (Å²) in [6, 6.07) is 5.66. The van der Waals surface area contributed by atoms with Crippen molar-refractivity contribution in [2.75, 3.05) is 26.8 Å². The minimum absolute atomic E-state index is 0.0674. The average Bonchev–Trinajstić information content (AvgIpc) is 2.40. The van der Waals surface area contributed by atoms with Crippen LogP contribution in [-0.2, 0) is 14.8 Å². The van der Waals surface area contributed by atoms with E-state index in [1.807, 2.05) is 0 Å². The fourth-order valence-electron chi connectivity index (χ4n) is 2.32. The first-order chi connectivity index (χ1) is 9.04. The van der Waals surface area contributed by atoms with Gasteiger partial charge in [-0.15, -0.1) is 0 Å². The van der Waals surface area contributed by atoms with Gasteiger partial charge in [-0.25, -0.2) is 8.42 Å². The molecule has 1 fully saturated rings. The molecule has 106 valence electrons. The van der Waals surface area contributed by atoms with E-state index in [1.165, 1.54) is 28.6 Å². The van der Waals surface area contributed by atoms with Gasteiger partial charge in [-0.05, 0) is 43.0 Å². The molecule has 5 nitrogen and oxygen atoms in total. The summed E-state index contributed by atoms with van der Waals surface area (Å²) < 4.78 is 31.4. The Labute approximate surface area is 113 Å². The van der Waals surface area contributed by atoms with E-state index in [2.05, 4.69) is 0 Å². The van der Waals surface area contributed by atoms with Gasteiger partial charge in [0.1, 0.15) is 5.75 Å². The SMILES string of the molecule is COCC1CCN(S(=O)(=O)c2ccc(O)cc2)CC1. The number of benzene rings is 1. The lowest BCUT2D eigenvalue weighted by molar-refractivity contribution is 0.121. The molecular formula is C13H19NO4S. The fraction of sp³-hybridized carbons (Fsp3) is 0.538. The molecular weight excluding hydrogens is 266 g/mol. The molecule has 0 radical (unpaired) electrons. The minimum atomic E-state index is -3.44. The van der Waals surface area contributed by atoms with Gasteiger partial charge in [-0.3, -0.25) is 0 Å². The summed E-state index contributed by atoms with van der Waals surface area (Å²) >= 11 is 0. The maximum atomic E-state index is 12.4. The fourth-order valence-corrected chi connectivity index (χ4v) is 3.79. The van der Waals surface area contributed by atoms with Crippen molar-refractivity contribution in [1.29, 1.82) is 0 Å². The van der Waals surface area contributed by atoms with Gasteiger partial charge in [-0.1, -0.05) is 0 Å². The molecule has 1 aliphatic rings. The number of phenolic OH excluding ortho intramolecular Hbond substituents is 1. The number of hydrogen-bond donors (Lipinski definition) is 1. The summed E-state index contributed by atoms with van der Waals surface area (Å²) in [5, 5.41) is 9.20. The number of piperidine rings is 1. The monoisotopic (exact) mass is 285 g/mol. The van der Waals surface area contributed by atoms with Gasteiger partial charge in [-0.2, -0.15) is 4.31 Å². The standard InChI is InChI=1S/C13H19NO4S/c1-18-10-11-6-8-14(9-7-11)19(16,17)13-4-2-12(15)3-5-13/h2-5,11,15H,6-10H2,1H3. The number of phenols is 1. The van der Waals surface area contributed by atoms with E-state index < -0.39 is 10.0 Å². The van der Waals surface area contributed by atoms with Crippen LogP contribution in [0.1, 0.15) is 12.8 Å². The van der Waals surface area contributed by atoms with Crippen LogP contribution in [0.2, 0.25) is 0 Å². The Balaban J connectivity index is 2.07. The smallest absolute Gasteiger partial charge is 0.243 e. The Morgan fingerprint density at radius 1 is 1.26 bits per heavy atom. The lowest BCUT2D eigenvalue weighted by Crippen LogP contribution is -2.39. The molecule has 0 saturated carbocycles. The summed E-state index contributed by atoms with van der Waals surface area (Å²) in [6.45, 7) is 1.74. The van der Waals surface area contributed by atoms with Crippen LogP contribution >= 0.6 is 0 Å². The molecule has 1 heterocycles. The van der Waals surface area contributed by atoms with Crippen molar-refractivity contribution in [2.24, 2.45) is 5.92 Å². The highest BCUT2D eigenvalue weighted by atomic mass is 32.2. The summed E-state index contributed by atoms with van der Waals surface area (Å²) in [7, 11) is -1.77. The van der Waals surface area contributed by atoms with E-state index in [1.54, 1.807) is 7.11 Å². The van der Waals surface area contributed by atoms with Crippen LogP contribution in [0.3, 0.4) is 0 Å². The third kappa shape index (κ3) is 3.26. The van der Waals surface area contributed by atoms with Crippen LogP contribution in [0.4, 0.5) is 0 Å². The highest BCUT2D eigenvalue weighted by Crippen LogP contribution is 2.24. The number of ether oxygens (including phenoxy) is 1. The van der Waals surface area contributed by atoms with Crippen LogP contribution in [0, 0.1) is 5.92 Å². The van der Waals surface area contributed by atoms with E-state index in [4.69, 9.17) is 4.74 Å². The summed E-state index contributed by atoms with van der Waals surface area (Å²) in [6.07, 6.45) is 1.65. The van der Waals surface area contributed by atoms with Gasteiger partial charge >= 0.3 is 0 Å². The van der Waals surface area contributed by atoms with Gasteiger partial charge in [0, 0.05) is 26.8 Å². The molecule has 1 aliphatic heterocycles. The van der Waals surface area contributed by atoms with Crippen molar-refractivity contribution < 1.29 is 18.3 Å². The Morgan fingerprint density at radius 3 is 2.37 bits per heavy atom. The van der Waals surface area contributed by atoms with Crippen molar-refractivity contribution in [3.05, 3.63) is 24.3 Å². The van der Waals surface area contributed by atoms with Crippen molar-refractivity contribution >= 4 is 10.0 Å². The molecule has 0 bridgehead atoms. The Bertz CT molecular complexity index is 504. The Hall–Kier alpha value is -1.11. The number of methoxy groups -OCH3 is 1. The quantitative estimate of drug-likeness (QED) is 0.909. The van der Waals surface area contributed by atoms with E-state index in [9.17, 15) is 13.5 Å². The van der Waals surface area contributed by atoms with E-state index in [-0.39, 0.29) is 10.6 Å². The maximum Gasteiger partial charge on any atom is 0.243 e. The van der Waals surface area contributed by atoms with Gasteiger partial charge in [0.15, 0.2) is 0 Å². The molecule has 0 atom stereocenters. The maximum absolute atomic E-state index is 12.4. The highest BCUT2D eigenvalue weighted by Gasteiger charge is 2.29. The van der Waals surface area contributed by atoms with Crippen LogP contribution < -0.4 is 0 Å². The van der Waals surface area contributed by atoms with Crippen LogP contribution in [0.25, 0.3) is 0 Å². The van der Waals surface area contributed by atoms with Crippen molar-refractivity contribution in [1.82, 2.24) is 4.31 Å². The molecule has 1 aromatic carbocycles. The summed E-state index contributed by atoms with van der Waals surface area (Å²) in [5.74, 6) is 0.508. The zero-order valence-corrected chi connectivity index (χ0v) is 11.8. The minimum Gasteiger partial charge on any atom is -0.508 e. The van der Waals surface area contributed by atoms with Gasteiger partial charge in [0.2, 0.25) is 10.0 Å². The predicted molar refractivity (Wildman–Crippen MR) is 71.5 cm³/mol. The zero-order valence-electron chi connectivity index (χ0n) is 10.9. The number of aromatic hydroxyl groups is 1. The molecule has 19 heavy (non-hydrogen) atoms. The first-order valence-corrected chi connectivity index (χ1v) is 7.76. The van der Waals surface area contributed by atoms with E-state index in [0.29, 0.717) is 25.6 Å². The van der Waals surface area contributed by atoms with Crippen molar-refractivity contribution in [2.45, 2.75) is 17.7 Å². The Morgan fingerprint density at radius 2 is 1.84 bits per heavy atom. The molecule has 2 rings (SSSR count). The predicted octanol–water partition coefficient (Wildman–Crippen LogP) is 1.44. The summed E-state index contributed by atoms with van der Waals surface area (Å²) in [4.78, 5) is 0.232. The normalized spacial score (nSPS) is 18.6. The molecule has 0 spiro atoms.